The van der Waals surface area contributed by atoms with Crippen LogP contribution in [0.5, 0.6) is 0 Å². The number of ether oxygens (including phenoxy) is 2. The first-order chi connectivity index (χ1) is 11.2. The average molecular weight is 334 g/mol. The molecule has 2 aliphatic carbocycles. The van der Waals surface area contributed by atoms with E-state index in [0.717, 1.165) is 32.1 Å². The predicted octanol–water partition coefficient (Wildman–Crippen LogP) is 3.23. The van der Waals surface area contributed by atoms with Gasteiger partial charge in [0.15, 0.2) is 5.78 Å². The van der Waals surface area contributed by atoms with Crippen LogP contribution in [0.15, 0.2) is 12.3 Å². The Kier molecular flexibility index (Phi) is 3.35. The fourth-order valence-electron chi connectivity index (χ4n) is 6.62. The monoisotopic (exact) mass is 334 g/mol. The van der Waals surface area contributed by atoms with Crippen molar-refractivity contribution in [1.82, 2.24) is 0 Å². The maximum absolute atomic E-state index is 13.1. The van der Waals surface area contributed by atoms with Gasteiger partial charge in [-0.25, -0.2) is 0 Å². The molecule has 4 nitrogen and oxygen atoms in total. The van der Waals surface area contributed by atoms with Crippen LogP contribution in [-0.4, -0.2) is 34.8 Å². The zero-order valence-electron chi connectivity index (χ0n) is 15.3. The van der Waals surface area contributed by atoms with Crippen molar-refractivity contribution in [2.45, 2.75) is 77.1 Å². The van der Waals surface area contributed by atoms with Gasteiger partial charge in [0.25, 0.3) is 0 Å². The van der Waals surface area contributed by atoms with E-state index < -0.39 is 11.7 Å². The number of hydrogen-bond acceptors (Lipinski definition) is 4. The Morgan fingerprint density at radius 3 is 2.58 bits per heavy atom. The van der Waals surface area contributed by atoms with Crippen molar-refractivity contribution in [3.8, 4) is 0 Å². The number of aliphatic hydroxyl groups is 1. The molecule has 3 fully saturated rings. The van der Waals surface area contributed by atoms with E-state index in [9.17, 15) is 9.90 Å². The van der Waals surface area contributed by atoms with Crippen molar-refractivity contribution in [1.29, 1.82) is 0 Å². The lowest BCUT2D eigenvalue weighted by Crippen LogP contribution is -2.69. The van der Waals surface area contributed by atoms with E-state index in [2.05, 4.69) is 20.8 Å². The summed E-state index contributed by atoms with van der Waals surface area (Å²) in [5, 5.41) is 10.8. The van der Waals surface area contributed by atoms with Crippen molar-refractivity contribution in [2.75, 3.05) is 6.61 Å². The van der Waals surface area contributed by atoms with Crippen LogP contribution in [0.3, 0.4) is 0 Å². The molecule has 1 N–H and O–H groups in total. The lowest BCUT2D eigenvalue weighted by Gasteiger charge is -2.63. The average Bonchev–Trinajstić information content (AvgIpc) is 3.12. The third-order valence-electron chi connectivity index (χ3n) is 7.79. The zero-order chi connectivity index (χ0) is 17.4. The number of hydrogen-bond donors (Lipinski definition) is 1. The fraction of sp³-hybridized carbons (Fsp3) is 0.850. The highest BCUT2D eigenvalue weighted by molar-refractivity contribution is 5.88. The molecule has 0 radical (unpaired) electrons. The lowest BCUT2D eigenvalue weighted by atomic mass is 9.43. The summed E-state index contributed by atoms with van der Waals surface area (Å²) in [6.45, 7) is 9.18. The van der Waals surface area contributed by atoms with Gasteiger partial charge in [0, 0.05) is 17.3 Å². The Balaban J connectivity index is 1.83. The highest BCUT2D eigenvalue weighted by atomic mass is 16.6. The predicted molar refractivity (Wildman–Crippen MR) is 90.3 cm³/mol. The van der Waals surface area contributed by atoms with Crippen LogP contribution < -0.4 is 0 Å². The van der Waals surface area contributed by atoms with Crippen molar-refractivity contribution in [3.63, 3.8) is 0 Å². The van der Waals surface area contributed by atoms with Crippen LogP contribution in [0, 0.1) is 22.7 Å². The van der Waals surface area contributed by atoms with Crippen LogP contribution in [-0.2, 0) is 14.3 Å². The van der Waals surface area contributed by atoms with E-state index in [4.69, 9.17) is 9.47 Å². The van der Waals surface area contributed by atoms with Crippen molar-refractivity contribution < 1.29 is 19.4 Å². The van der Waals surface area contributed by atoms with Crippen molar-refractivity contribution in [3.05, 3.63) is 12.3 Å². The molecule has 4 heteroatoms. The molecule has 0 aromatic carbocycles. The smallest absolute Gasteiger partial charge is 0.165 e. The number of carbonyl (C=O) groups excluding carboxylic acids is 1. The maximum Gasteiger partial charge on any atom is 0.165 e. The molecule has 24 heavy (non-hydrogen) atoms. The normalized spacial score (nSPS) is 52.7. The Hall–Kier alpha value is -0.870. The van der Waals surface area contributed by atoms with Gasteiger partial charge in [0.2, 0.25) is 0 Å². The molecular formula is C20H30O4. The molecular weight excluding hydrogens is 304 g/mol. The molecule has 0 aromatic rings. The second kappa shape index (κ2) is 4.85. The molecule has 0 aromatic heterocycles. The Morgan fingerprint density at radius 2 is 1.92 bits per heavy atom. The molecule has 2 aliphatic heterocycles. The minimum atomic E-state index is -0.929. The number of fused-ring (bicyclic) bond motifs is 2. The Morgan fingerprint density at radius 1 is 1.17 bits per heavy atom. The number of rotatable bonds is 0. The summed E-state index contributed by atoms with van der Waals surface area (Å²) in [6.07, 6.45) is 7.76. The molecule has 1 saturated heterocycles. The largest absolute Gasteiger partial charge is 0.498 e. The molecule has 4 aliphatic rings. The molecule has 134 valence electrons. The summed E-state index contributed by atoms with van der Waals surface area (Å²) in [6, 6.07) is 0. The van der Waals surface area contributed by atoms with Crippen molar-refractivity contribution in [2.24, 2.45) is 22.7 Å². The van der Waals surface area contributed by atoms with E-state index in [-0.39, 0.29) is 34.1 Å². The molecule has 2 spiro atoms. The van der Waals surface area contributed by atoms with Gasteiger partial charge < -0.3 is 14.6 Å². The zero-order valence-corrected chi connectivity index (χ0v) is 15.3. The number of Topliss-reactive ketones (excluding diaryl/α,β-unsaturated/α-hetero) is 1. The first-order valence-electron chi connectivity index (χ1n) is 9.39. The summed E-state index contributed by atoms with van der Waals surface area (Å²) < 4.78 is 12.3. The summed E-state index contributed by atoms with van der Waals surface area (Å²) in [7, 11) is 0. The quantitative estimate of drug-likeness (QED) is 0.739. The van der Waals surface area contributed by atoms with Crippen molar-refractivity contribution >= 4 is 5.78 Å². The lowest BCUT2D eigenvalue weighted by molar-refractivity contribution is -0.250. The molecule has 0 unspecified atom stereocenters. The summed E-state index contributed by atoms with van der Waals surface area (Å²) in [5.74, 6) is -0.303. The van der Waals surface area contributed by atoms with Crippen LogP contribution in [0.1, 0.15) is 59.8 Å². The minimum absolute atomic E-state index is 0.0306. The Bertz CT molecular complexity index is 596. The van der Waals surface area contributed by atoms with Gasteiger partial charge in [0.05, 0.1) is 11.9 Å². The van der Waals surface area contributed by atoms with E-state index in [0.29, 0.717) is 6.61 Å². The van der Waals surface area contributed by atoms with E-state index >= 15 is 0 Å². The summed E-state index contributed by atoms with van der Waals surface area (Å²) in [5.41, 5.74) is -1.16. The van der Waals surface area contributed by atoms with E-state index in [1.54, 1.807) is 6.26 Å². The Labute approximate surface area is 144 Å². The van der Waals surface area contributed by atoms with Gasteiger partial charge in [-0.05, 0) is 37.2 Å². The summed E-state index contributed by atoms with van der Waals surface area (Å²) in [4.78, 5) is 13.1. The minimum Gasteiger partial charge on any atom is -0.498 e. The van der Waals surface area contributed by atoms with Crippen LogP contribution >= 0.6 is 0 Å². The van der Waals surface area contributed by atoms with Gasteiger partial charge in [-0.3, -0.25) is 4.79 Å². The highest BCUT2D eigenvalue weighted by Gasteiger charge is 2.71. The molecule has 0 bridgehead atoms. The fourth-order valence-corrected chi connectivity index (χ4v) is 6.62. The maximum atomic E-state index is 13.1. The molecule has 4 rings (SSSR count). The second-order valence-corrected chi connectivity index (χ2v) is 9.50. The van der Waals surface area contributed by atoms with E-state index in [1.807, 2.05) is 13.0 Å². The first-order valence-corrected chi connectivity index (χ1v) is 9.39. The van der Waals surface area contributed by atoms with Gasteiger partial charge in [-0.1, -0.05) is 34.1 Å². The SMILES string of the molecule is C[C@@H]1[C@@H](O)C(=O)[C@H]2C(C)(C)CCC[C@]2(C)[C@@]12CC[C@]1(C=COC1)O2. The van der Waals surface area contributed by atoms with Gasteiger partial charge >= 0.3 is 0 Å². The highest BCUT2D eigenvalue weighted by Crippen LogP contribution is 2.66. The van der Waals surface area contributed by atoms with Crippen LogP contribution in [0.25, 0.3) is 0 Å². The summed E-state index contributed by atoms with van der Waals surface area (Å²) >= 11 is 0. The standard InChI is InChI=1S/C20H30O4/c1-13-14(21)15(22)16-17(2,3)6-5-7-18(16,4)20(13)9-8-19(24-20)10-11-23-12-19/h10-11,13-14,16,21H,5-9,12H2,1-4H3/t13-,14-,16+,18+,19-,20-/m1/s1. The molecule has 0 amide bonds. The molecule has 2 saturated carbocycles. The third-order valence-corrected chi connectivity index (χ3v) is 7.79. The van der Waals surface area contributed by atoms with Gasteiger partial charge in [0.1, 0.15) is 18.3 Å². The van der Waals surface area contributed by atoms with Crippen LogP contribution in [0.2, 0.25) is 0 Å². The number of carbonyl (C=O) groups is 1. The third kappa shape index (κ3) is 1.84. The number of aliphatic hydroxyl groups excluding tert-OH is 1. The van der Waals surface area contributed by atoms with Gasteiger partial charge in [-0.15, -0.1) is 0 Å². The molecule has 2 heterocycles. The second-order valence-electron chi connectivity index (χ2n) is 9.50. The topological polar surface area (TPSA) is 55.8 Å². The van der Waals surface area contributed by atoms with Gasteiger partial charge in [-0.2, -0.15) is 0 Å². The molecule has 6 atom stereocenters. The van der Waals surface area contributed by atoms with Crippen LogP contribution in [0.4, 0.5) is 0 Å². The van der Waals surface area contributed by atoms with E-state index in [1.165, 1.54) is 0 Å². The number of ketones is 1. The first kappa shape index (κ1) is 16.6.